The Morgan fingerprint density at radius 2 is 2.03 bits per heavy atom. The molecule has 9 nitrogen and oxygen atoms in total. The van der Waals surface area contributed by atoms with E-state index in [0.717, 1.165) is 48.1 Å². The van der Waals surface area contributed by atoms with Crippen molar-refractivity contribution in [2.24, 2.45) is 0 Å². The van der Waals surface area contributed by atoms with Gasteiger partial charge < -0.3 is 14.5 Å². The highest BCUT2D eigenvalue weighted by molar-refractivity contribution is 5.80. The van der Waals surface area contributed by atoms with Crippen LogP contribution in [0.1, 0.15) is 69.1 Å². The van der Waals surface area contributed by atoms with Gasteiger partial charge in [-0.3, -0.25) is 9.69 Å². The Balaban J connectivity index is 1.70. The van der Waals surface area contributed by atoms with Gasteiger partial charge in [-0.05, 0) is 97.3 Å². The van der Waals surface area contributed by atoms with Crippen molar-refractivity contribution in [3.63, 3.8) is 0 Å². The molecular formula is C30H38N6O3. The molecule has 1 aliphatic rings. The summed E-state index contributed by atoms with van der Waals surface area (Å²) < 4.78 is 13.4. The highest BCUT2D eigenvalue weighted by Gasteiger charge is 2.35. The molecule has 2 aromatic carbocycles. The monoisotopic (exact) mass is 530 g/mol. The van der Waals surface area contributed by atoms with Gasteiger partial charge in [-0.25, -0.2) is 4.68 Å². The highest BCUT2D eigenvalue weighted by Crippen LogP contribution is 2.32. The van der Waals surface area contributed by atoms with E-state index in [2.05, 4.69) is 71.3 Å². The molecule has 1 saturated heterocycles. The molecule has 2 atom stereocenters. The Kier molecular flexibility index (Phi) is 7.81. The predicted octanol–water partition coefficient (Wildman–Crippen LogP) is 4.61. The fourth-order valence-corrected chi connectivity index (χ4v) is 5.35. The molecule has 39 heavy (non-hydrogen) atoms. The second kappa shape index (κ2) is 11.3. The smallest absolute Gasteiger partial charge is 0.253 e. The normalized spacial score (nSPS) is 16.7. The molecule has 0 unspecified atom stereocenters. The average molecular weight is 531 g/mol. The fraction of sp³-hybridized carbons (Fsp3) is 0.467. The third-order valence-corrected chi connectivity index (χ3v) is 7.36. The van der Waals surface area contributed by atoms with E-state index in [9.17, 15) is 4.79 Å². The molecule has 1 aliphatic heterocycles. The van der Waals surface area contributed by atoms with E-state index in [4.69, 9.17) is 9.47 Å². The van der Waals surface area contributed by atoms with Crippen LogP contribution >= 0.6 is 0 Å². The van der Waals surface area contributed by atoms with Gasteiger partial charge in [0.1, 0.15) is 11.8 Å². The molecule has 1 N–H and O–H groups in total. The topological polar surface area (TPSA) is 98.2 Å². The van der Waals surface area contributed by atoms with Gasteiger partial charge in [0.2, 0.25) is 0 Å². The number of nitrogens with zero attached hydrogens (tertiary/aromatic N) is 5. The molecule has 1 fully saturated rings. The highest BCUT2D eigenvalue weighted by atomic mass is 16.5. The lowest BCUT2D eigenvalue weighted by Gasteiger charge is -2.34. The van der Waals surface area contributed by atoms with Crippen LogP contribution in [0.5, 0.6) is 5.75 Å². The number of aromatic nitrogens is 5. The number of hydrogen-bond acceptors (Lipinski definition) is 7. The molecule has 0 amide bonds. The summed E-state index contributed by atoms with van der Waals surface area (Å²) in [5.74, 6) is 1.41. The second-order valence-electron chi connectivity index (χ2n) is 11.3. The number of hydrogen-bond donors (Lipinski definition) is 1. The molecule has 0 radical (unpaired) electrons. The van der Waals surface area contributed by atoms with Crippen LogP contribution in [0.2, 0.25) is 0 Å². The SMILES string of the molecule is CCc1ccc2[nH]c(=O)c([C@@H](c3nnnn3C(C)(C)C)N(Cc3cccc(OC)c3)C[C@H]3CCCO3)cc2c1. The maximum atomic E-state index is 13.8. The standard InChI is InChI=1S/C30H38N6O3/c1-6-20-12-13-26-22(15-20)17-25(29(37)31-26)27(28-32-33-34-36(28)30(2,3)4)35(19-24-11-8-14-39-24)18-21-9-7-10-23(16-21)38-5/h7,9-10,12-13,15-17,24,27H,6,8,11,14,18-19H2,1-5H3,(H,31,37)/t24-,27+/m1/s1. The molecule has 3 heterocycles. The molecule has 9 heteroatoms. The Morgan fingerprint density at radius 1 is 1.18 bits per heavy atom. The molecule has 2 aromatic heterocycles. The van der Waals surface area contributed by atoms with E-state index in [1.165, 1.54) is 5.56 Å². The summed E-state index contributed by atoms with van der Waals surface area (Å²) in [6.45, 7) is 10.3. The summed E-state index contributed by atoms with van der Waals surface area (Å²) in [5, 5.41) is 14.0. The number of aromatic amines is 1. The first-order chi connectivity index (χ1) is 18.8. The van der Waals surface area contributed by atoms with Crippen molar-refractivity contribution in [3.05, 3.63) is 81.4 Å². The van der Waals surface area contributed by atoms with E-state index >= 15 is 0 Å². The molecule has 4 aromatic rings. The quantitative estimate of drug-likeness (QED) is 0.337. The van der Waals surface area contributed by atoms with Gasteiger partial charge in [0.15, 0.2) is 5.82 Å². The molecular weight excluding hydrogens is 492 g/mol. The molecule has 5 rings (SSSR count). The Hall–Kier alpha value is -3.56. The summed E-state index contributed by atoms with van der Waals surface area (Å²) in [6, 6.07) is 15.7. The van der Waals surface area contributed by atoms with Gasteiger partial charge in [-0.1, -0.05) is 25.1 Å². The van der Waals surface area contributed by atoms with E-state index in [-0.39, 0.29) is 17.2 Å². The lowest BCUT2D eigenvalue weighted by atomic mass is 9.99. The van der Waals surface area contributed by atoms with Crippen LogP contribution in [0.4, 0.5) is 0 Å². The van der Waals surface area contributed by atoms with Gasteiger partial charge in [-0.15, -0.1) is 5.10 Å². The molecule has 0 aliphatic carbocycles. The van der Waals surface area contributed by atoms with Crippen LogP contribution in [0.25, 0.3) is 10.9 Å². The lowest BCUT2D eigenvalue weighted by Crippen LogP contribution is -2.40. The number of fused-ring (bicyclic) bond motifs is 1. The minimum Gasteiger partial charge on any atom is -0.497 e. The number of ether oxygens (including phenoxy) is 2. The molecule has 206 valence electrons. The van der Waals surface area contributed by atoms with E-state index in [0.29, 0.717) is 24.5 Å². The number of H-pyrrole nitrogens is 1. The number of tetrazole rings is 1. The zero-order valence-corrected chi connectivity index (χ0v) is 23.5. The largest absolute Gasteiger partial charge is 0.497 e. The van der Waals surface area contributed by atoms with Crippen molar-refractivity contribution in [1.29, 1.82) is 0 Å². The van der Waals surface area contributed by atoms with Crippen molar-refractivity contribution in [3.8, 4) is 5.75 Å². The Morgan fingerprint density at radius 3 is 2.74 bits per heavy atom. The lowest BCUT2D eigenvalue weighted by molar-refractivity contribution is 0.0564. The zero-order chi connectivity index (χ0) is 27.6. The van der Waals surface area contributed by atoms with Crippen molar-refractivity contribution in [2.75, 3.05) is 20.3 Å². The number of nitrogens with one attached hydrogen (secondary N) is 1. The maximum Gasteiger partial charge on any atom is 0.253 e. The second-order valence-corrected chi connectivity index (χ2v) is 11.3. The van der Waals surface area contributed by atoms with Gasteiger partial charge in [0, 0.05) is 30.8 Å². The number of methoxy groups -OCH3 is 1. The van der Waals surface area contributed by atoms with Crippen molar-refractivity contribution in [1.82, 2.24) is 30.1 Å². The molecule has 0 bridgehead atoms. The van der Waals surface area contributed by atoms with E-state index < -0.39 is 6.04 Å². The minimum absolute atomic E-state index is 0.0586. The van der Waals surface area contributed by atoms with E-state index in [1.54, 1.807) is 7.11 Å². The summed E-state index contributed by atoms with van der Waals surface area (Å²) in [5.41, 5.74) is 3.16. The predicted molar refractivity (Wildman–Crippen MR) is 151 cm³/mol. The number of benzene rings is 2. The van der Waals surface area contributed by atoms with Gasteiger partial charge in [0.25, 0.3) is 5.56 Å². The summed E-state index contributed by atoms with van der Waals surface area (Å²) in [7, 11) is 1.67. The summed E-state index contributed by atoms with van der Waals surface area (Å²) in [6.07, 6.45) is 2.97. The maximum absolute atomic E-state index is 13.8. The molecule has 0 spiro atoms. The first-order valence-electron chi connectivity index (χ1n) is 13.7. The van der Waals surface area contributed by atoms with Crippen LogP contribution in [0.15, 0.2) is 53.3 Å². The third-order valence-electron chi connectivity index (χ3n) is 7.36. The number of pyridine rings is 1. The summed E-state index contributed by atoms with van der Waals surface area (Å²) >= 11 is 0. The fourth-order valence-electron chi connectivity index (χ4n) is 5.35. The number of aryl methyl sites for hydroxylation is 1. The zero-order valence-electron chi connectivity index (χ0n) is 23.5. The first kappa shape index (κ1) is 27.0. The van der Waals surface area contributed by atoms with Crippen LogP contribution in [0, 0.1) is 0 Å². The average Bonchev–Trinajstić information content (AvgIpc) is 3.61. The van der Waals surface area contributed by atoms with Crippen LogP contribution in [-0.2, 0) is 23.2 Å². The van der Waals surface area contributed by atoms with Gasteiger partial charge >= 0.3 is 0 Å². The van der Waals surface area contributed by atoms with Crippen LogP contribution < -0.4 is 10.3 Å². The number of rotatable bonds is 9. The Bertz CT molecular complexity index is 1480. The van der Waals surface area contributed by atoms with Crippen molar-refractivity contribution < 1.29 is 9.47 Å². The van der Waals surface area contributed by atoms with Crippen LogP contribution in [0.3, 0.4) is 0 Å². The van der Waals surface area contributed by atoms with Crippen molar-refractivity contribution in [2.45, 2.75) is 71.2 Å². The van der Waals surface area contributed by atoms with Crippen molar-refractivity contribution >= 4 is 10.9 Å². The van der Waals surface area contributed by atoms with Gasteiger partial charge in [0.05, 0.1) is 18.8 Å². The Labute approximate surface area is 229 Å². The first-order valence-corrected chi connectivity index (χ1v) is 13.7. The third kappa shape index (κ3) is 5.89. The van der Waals surface area contributed by atoms with Crippen LogP contribution in [-0.4, -0.2) is 56.5 Å². The summed E-state index contributed by atoms with van der Waals surface area (Å²) in [4.78, 5) is 19.2. The van der Waals surface area contributed by atoms with E-state index in [1.807, 2.05) is 35.0 Å². The molecule has 0 saturated carbocycles. The minimum atomic E-state index is -0.506. The van der Waals surface area contributed by atoms with Gasteiger partial charge in [-0.2, -0.15) is 0 Å².